The van der Waals surface area contributed by atoms with Gasteiger partial charge in [-0.05, 0) is 103 Å². The minimum atomic E-state index is -1.02. The summed E-state index contributed by atoms with van der Waals surface area (Å²) in [6.07, 6.45) is 43.9. The van der Waals surface area contributed by atoms with Crippen molar-refractivity contribution in [3.8, 4) is 0 Å². The van der Waals surface area contributed by atoms with E-state index in [0.717, 1.165) is 89.9 Å². The van der Waals surface area contributed by atoms with Gasteiger partial charge in [0.25, 0.3) is 0 Å². The summed E-state index contributed by atoms with van der Waals surface area (Å²) in [6.45, 7) is 4.67. The van der Waals surface area contributed by atoms with Gasteiger partial charge in [-0.1, -0.05) is 113 Å². The molecule has 7 heteroatoms. The summed E-state index contributed by atoms with van der Waals surface area (Å²) in [5.74, 6) is -1.40. The van der Waals surface area contributed by atoms with E-state index in [1.54, 1.807) is 0 Å². The van der Waals surface area contributed by atoms with E-state index in [0.29, 0.717) is 38.6 Å². The zero-order valence-corrected chi connectivity index (χ0v) is 30.3. The summed E-state index contributed by atoms with van der Waals surface area (Å²) in [5, 5.41) is 11.9. The number of nitrogens with two attached hydrogens (primary N) is 1. The number of carbonyl (C=O) groups is 3. The highest BCUT2D eigenvalue weighted by Crippen LogP contribution is 2.14. The Bertz CT molecular complexity index is 979. The molecule has 0 spiro atoms. The number of unbranched alkanes of at least 4 members (excludes halogenated alkanes) is 8. The number of carboxylic acids is 1. The lowest BCUT2D eigenvalue weighted by Gasteiger charge is -2.15. The van der Waals surface area contributed by atoms with Crippen LogP contribution in [0.1, 0.15) is 149 Å². The summed E-state index contributed by atoms with van der Waals surface area (Å²) in [6, 6.07) is -0.880. The monoisotopic (exact) mass is 669 g/mol. The molecule has 0 saturated heterocycles. The Kier molecular flexibility index (Phi) is 32.8. The lowest BCUT2D eigenvalue weighted by Crippen LogP contribution is -2.40. The number of allylic oxidation sites excluding steroid dienone is 11. The van der Waals surface area contributed by atoms with Crippen molar-refractivity contribution in [3.05, 3.63) is 72.9 Å². The van der Waals surface area contributed by atoms with Gasteiger partial charge in [0.1, 0.15) is 12.1 Å². The Morgan fingerprint density at radius 3 is 1.75 bits per heavy atom. The maximum absolute atomic E-state index is 12.6. The number of ether oxygens (including phenoxy) is 1. The first-order valence-electron chi connectivity index (χ1n) is 18.8. The Morgan fingerprint density at radius 1 is 0.625 bits per heavy atom. The quantitative estimate of drug-likeness (QED) is 0.0373. The SMILES string of the molecule is CC/C=C\C/C=C\C/C=C\CCCCCCCC(=O)OC(/C=C\C/C=C\C/C=C\CC)CCCCCCC(=O)NC(CCCN)C(=O)O. The second-order valence-electron chi connectivity index (χ2n) is 12.2. The van der Waals surface area contributed by atoms with Crippen molar-refractivity contribution in [1.82, 2.24) is 5.32 Å². The standard InChI is InChI=1S/C41H68N2O5/c1-3-5-7-9-11-13-14-15-16-17-18-19-21-23-29-35-40(45)48-37(31-26-22-20-12-10-8-6-4-2)32-27-24-25-28-34-39(44)43-38(41(46)47)33-30-36-42/h5-8,11-13,15-16,20,26,31,37-38H,3-4,9-10,14,17-19,21-25,27-30,32-36,42H2,1-2H3,(H,43,44)(H,46,47)/b7-5-,8-6-,13-11-,16-15-,20-12-,31-26-. The van der Waals surface area contributed by atoms with Crippen LogP contribution in [0.4, 0.5) is 0 Å². The van der Waals surface area contributed by atoms with Gasteiger partial charge in [0, 0.05) is 12.8 Å². The zero-order chi connectivity index (χ0) is 35.3. The van der Waals surface area contributed by atoms with E-state index in [2.05, 4.69) is 86.0 Å². The Hall–Kier alpha value is -3.19. The highest BCUT2D eigenvalue weighted by molar-refractivity contribution is 5.83. The zero-order valence-electron chi connectivity index (χ0n) is 30.3. The van der Waals surface area contributed by atoms with Crippen molar-refractivity contribution in [1.29, 1.82) is 0 Å². The fourth-order valence-electron chi connectivity index (χ4n) is 4.98. The first kappa shape index (κ1) is 44.8. The van der Waals surface area contributed by atoms with Gasteiger partial charge in [0.15, 0.2) is 0 Å². The van der Waals surface area contributed by atoms with Gasteiger partial charge in [-0.25, -0.2) is 4.79 Å². The van der Waals surface area contributed by atoms with E-state index in [4.69, 9.17) is 10.5 Å². The maximum Gasteiger partial charge on any atom is 0.326 e. The second kappa shape index (κ2) is 35.1. The first-order chi connectivity index (χ1) is 23.4. The fraction of sp³-hybridized carbons (Fsp3) is 0.634. The van der Waals surface area contributed by atoms with Crippen LogP contribution in [-0.2, 0) is 19.1 Å². The Balaban J connectivity index is 4.41. The minimum Gasteiger partial charge on any atom is -0.480 e. The molecule has 2 unspecified atom stereocenters. The molecule has 0 heterocycles. The average molecular weight is 669 g/mol. The molecule has 7 nitrogen and oxygen atoms in total. The predicted octanol–water partition coefficient (Wildman–Crippen LogP) is 10.00. The maximum atomic E-state index is 12.6. The topological polar surface area (TPSA) is 119 Å². The molecule has 0 fully saturated rings. The van der Waals surface area contributed by atoms with Gasteiger partial charge < -0.3 is 20.9 Å². The number of carboxylic acid groups (broad SMARTS) is 1. The third-order valence-corrected chi connectivity index (χ3v) is 7.75. The van der Waals surface area contributed by atoms with E-state index < -0.39 is 12.0 Å². The molecule has 48 heavy (non-hydrogen) atoms. The Labute approximate surface area is 292 Å². The van der Waals surface area contributed by atoms with Crippen LogP contribution < -0.4 is 11.1 Å². The summed E-state index contributed by atoms with van der Waals surface area (Å²) in [5.41, 5.74) is 5.47. The number of carbonyl (C=O) groups excluding carboxylic acids is 2. The largest absolute Gasteiger partial charge is 0.480 e. The number of aliphatic carboxylic acids is 1. The first-order valence-corrected chi connectivity index (χ1v) is 18.8. The van der Waals surface area contributed by atoms with E-state index in [9.17, 15) is 19.5 Å². The van der Waals surface area contributed by atoms with Crippen molar-refractivity contribution >= 4 is 17.8 Å². The molecule has 0 aromatic heterocycles. The lowest BCUT2D eigenvalue weighted by molar-refractivity contribution is -0.147. The molecule has 2 atom stereocenters. The number of nitrogens with one attached hydrogen (secondary N) is 1. The number of rotatable bonds is 32. The third-order valence-electron chi connectivity index (χ3n) is 7.75. The van der Waals surface area contributed by atoms with Gasteiger partial charge in [0.2, 0.25) is 5.91 Å². The number of hydrogen-bond donors (Lipinski definition) is 3. The van der Waals surface area contributed by atoms with Crippen LogP contribution in [0.15, 0.2) is 72.9 Å². The molecule has 0 aromatic carbocycles. The molecular formula is C41H68N2O5. The van der Waals surface area contributed by atoms with Crippen LogP contribution in [0, 0.1) is 0 Å². The average Bonchev–Trinajstić information content (AvgIpc) is 3.07. The van der Waals surface area contributed by atoms with Crippen LogP contribution >= 0.6 is 0 Å². The third kappa shape index (κ3) is 31.4. The van der Waals surface area contributed by atoms with Gasteiger partial charge >= 0.3 is 11.9 Å². The van der Waals surface area contributed by atoms with Crippen molar-refractivity contribution < 1.29 is 24.2 Å². The molecule has 272 valence electrons. The molecule has 0 aliphatic carbocycles. The molecule has 0 aliphatic heterocycles. The van der Waals surface area contributed by atoms with Crippen molar-refractivity contribution in [2.75, 3.05) is 6.54 Å². The van der Waals surface area contributed by atoms with Gasteiger partial charge in [-0.2, -0.15) is 0 Å². The summed E-state index contributed by atoms with van der Waals surface area (Å²) in [4.78, 5) is 36.2. The van der Waals surface area contributed by atoms with Crippen LogP contribution in [0.2, 0.25) is 0 Å². The van der Waals surface area contributed by atoms with Crippen LogP contribution in [-0.4, -0.2) is 41.6 Å². The minimum absolute atomic E-state index is 0.134. The molecular weight excluding hydrogens is 600 g/mol. The normalized spacial score (nSPS) is 13.6. The van der Waals surface area contributed by atoms with E-state index in [1.165, 1.54) is 12.8 Å². The fourth-order valence-corrected chi connectivity index (χ4v) is 4.98. The van der Waals surface area contributed by atoms with Gasteiger partial charge in [-0.3, -0.25) is 9.59 Å². The molecule has 1 amide bonds. The van der Waals surface area contributed by atoms with Gasteiger partial charge in [0.05, 0.1) is 0 Å². The van der Waals surface area contributed by atoms with Crippen LogP contribution in [0.25, 0.3) is 0 Å². The Morgan fingerprint density at radius 2 is 1.15 bits per heavy atom. The van der Waals surface area contributed by atoms with E-state index in [-0.39, 0.29) is 18.0 Å². The summed E-state index contributed by atoms with van der Waals surface area (Å²) >= 11 is 0. The predicted molar refractivity (Wildman–Crippen MR) is 202 cm³/mol. The van der Waals surface area contributed by atoms with Crippen LogP contribution in [0.3, 0.4) is 0 Å². The molecule has 0 aromatic rings. The molecule has 0 rings (SSSR count). The molecule has 0 radical (unpaired) electrons. The van der Waals surface area contributed by atoms with E-state index in [1.807, 2.05) is 6.08 Å². The summed E-state index contributed by atoms with van der Waals surface area (Å²) in [7, 11) is 0. The van der Waals surface area contributed by atoms with Gasteiger partial charge in [-0.15, -0.1) is 0 Å². The van der Waals surface area contributed by atoms with Crippen molar-refractivity contribution in [2.24, 2.45) is 5.73 Å². The highest BCUT2D eigenvalue weighted by atomic mass is 16.5. The van der Waals surface area contributed by atoms with Crippen molar-refractivity contribution in [2.45, 2.75) is 161 Å². The molecule has 0 aliphatic rings. The number of esters is 1. The summed E-state index contributed by atoms with van der Waals surface area (Å²) < 4.78 is 5.86. The number of hydrogen-bond acceptors (Lipinski definition) is 5. The smallest absolute Gasteiger partial charge is 0.326 e. The lowest BCUT2D eigenvalue weighted by atomic mass is 10.1. The second-order valence-corrected chi connectivity index (χ2v) is 12.2. The van der Waals surface area contributed by atoms with Crippen LogP contribution in [0.5, 0.6) is 0 Å². The molecule has 4 N–H and O–H groups in total. The molecule has 0 saturated carbocycles. The van der Waals surface area contributed by atoms with E-state index >= 15 is 0 Å². The van der Waals surface area contributed by atoms with Crippen molar-refractivity contribution in [3.63, 3.8) is 0 Å². The molecule has 0 bridgehead atoms. The number of amides is 1. The highest BCUT2D eigenvalue weighted by Gasteiger charge is 2.18.